The van der Waals surface area contributed by atoms with Crippen molar-refractivity contribution in [1.29, 1.82) is 0 Å². The molecular weight excluding hydrogens is 250 g/mol. The summed E-state index contributed by atoms with van der Waals surface area (Å²) >= 11 is 0. The first kappa shape index (κ1) is 14.0. The molecule has 1 aromatic rings. The van der Waals surface area contributed by atoms with E-state index in [-0.39, 0.29) is 25.1 Å². The van der Waals surface area contributed by atoms with E-state index in [2.05, 4.69) is 4.98 Å². The monoisotopic (exact) mass is 269 g/mol. The molecule has 0 spiro atoms. The van der Waals surface area contributed by atoms with Crippen LogP contribution in [0.1, 0.15) is 13.8 Å². The van der Waals surface area contributed by atoms with Crippen LogP contribution in [0.4, 0.5) is 5.82 Å². The molecule has 0 aliphatic carbocycles. The highest BCUT2D eigenvalue weighted by atomic mass is 16.5. The molecule has 0 bridgehead atoms. The van der Waals surface area contributed by atoms with Gasteiger partial charge in [-0.15, -0.1) is 0 Å². The lowest BCUT2D eigenvalue weighted by Crippen LogP contribution is -2.39. The van der Waals surface area contributed by atoms with Crippen molar-refractivity contribution in [2.45, 2.75) is 38.7 Å². The van der Waals surface area contributed by atoms with Crippen molar-refractivity contribution in [1.82, 2.24) is 9.55 Å². The number of rotatable bonds is 3. The molecule has 1 fully saturated rings. The standard InChI is InChI=1S/C12H19N3O4/c1-12(2)8(19-7(6-16)10(12)17)5-15-4-3-9(13)14-11(15)18/h3-4,7-8,10,16-17H,5-6H2,1-2H3,(H2,13,14,18)/t7-,8?,10-/m1/s1. The van der Waals surface area contributed by atoms with E-state index in [1.54, 1.807) is 6.20 Å². The van der Waals surface area contributed by atoms with Gasteiger partial charge in [-0.25, -0.2) is 4.79 Å². The van der Waals surface area contributed by atoms with E-state index in [9.17, 15) is 9.90 Å². The Morgan fingerprint density at radius 1 is 1.58 bits per heavy atom. The van der Waals surface area contributed by atoms with Gasteiger partial charge in [0, 0.05) is 11.6 Å². The maximum absolute atomic E-state index is 11.7. The molecule has 0 radical (unpaired) electrons. The van der Waals surface area contributed by atoms with Gasteiger partial charge in [0.25, 0.3) is 0 Å². The van der Waals surface area contributed by atoms with E-state index in [4.69, 9.17) is 15.6 Å². The average Bonchev–Trinajstić information content (AvgIpc) is 2.56. The number of aromatic nitrogens is 2. The molecule has 0 amide bonds. The second kappa shape index (κ2) is 4.92. The van der Waals surface area contributed by atoms with Gasteiger partial charge in [0.05, 0.1) is 25.4 Å². The second-order valence-corrected chi connectivity index (χ2v) is 5.40. The summed E-state index contributed by atoms with van der Waals surface area (Å²) in [6, 6.07) is 1.53. The topological polar surface area (TPSA) is 111 Å². The molecule has 2 rings (SSSR count). The fourth-order valence-electron chi connectivity index (χ4n) is 2.31. The Bertz CT molecular complexity index is 514. The zero-order valence-corrected chi connectivity index (χ0v) is 11.0. The van der Waals surface area contributed by atoms with Gasteiger partial charge in [-0.05, 0) is 6.07 Å². The Balaban J connectivity index is 2.21. The maximum Gasteiger partial charge on any atom is 0.349 e. The highest BCUT2D eigenvalue weighted by Gasteiger charge is 2.49. The van der Waals surface area contributed by atoms with Crippen LogP contribution in [0.3, 0.4) is 0 Å². The minimum absolute atomic E-state index is 0.168. The van der Waals surface area contributed by atoms with Gasteiger partial charge in [-0.1, -0.05) is 13.8 Å². The molecule has 106 valence electrons. The van der Waals surface area contributed by atoms with Gasteiger partial charge in [0.2, 0.25) is 0 Å². The number of nitrogen functional groups attached to an aromatic ring is 1. The van der Waals surface area contributed by atoms with Gasteiger partial charge in [-0.3, -0.25) is 4.57 Å². The lowest BCUT2D eigenvalue weighted by Gasteiger charge is -2.28. The van der Waals surface area contributed by atoms with Crippen molar-refractivity contribution in [3.05, 3.63) is 22.7 Å². The molecule has 7 nitrogen and oxygen atoms in total. The predicted molar refractivity (Wildman–Crippen MR) is 68.4 cm³/mol. The third-order valence-electron chi connectivity index (χ3n) is 3.72. The Labute approximate surface area is 110 Å². The van der Waals surface area contributed by atoms with E-state index < -0.39 is 23.3 Å². The van der Waals surface area contributed by atoms with E-state index in [1.165, 1.54) is 10.6 Å². The third-order valence-corrected chi connectivity index (χ3v) is 3.72. The van der Waals surface area contributed by atoms with Crippen molar-refractivity contribution in [2.24, 2.45) is 5.41 Å². The summed E-state index contributed by atoms with van der Waals surface area (Å²) in [6.45, 7) is 3.68. The maximum atomic E-state index is 11.7. The normalized spacial score (nSPS) is 29.6. The number of hydrogen-bond donors (Lipinski definition) is 3. The van der Waals surface area contributed by atoms with Crippen LogP contribution in [-0.4, -0.2) is 44.7 Å². The number of nitrogens with zero attached hydrogens (tertiary/aromatic N) is 2. The molecule has 1 aliphatic heterocycles. The first-order valence-corrected chi connectivity index (χ1v) is 6.13. The molecule has 1 aliphatic rings. The zero-order chi connectivity index (χ0) is 14.2. The Morgan fingerprint density at radius 3 is 2.79 bits per heavy atom. The van der Waals surface area contributed by atoms with Gasteiger partial charge < -0.3 is 20.7 Å². The number of ether oxygens (including phenoxy) is 1. The lowest BCUT2D eigenvalue weighted by molar-refractivity contribution is -0.0266. The van der Waals surface area contributed by atoms with Crippen LogP contribution in [0.2, 0.25) is 0 Å². The van der Waals surface area contributed by atoms with Crippen LogP contribution in [0.5, 0.6) is 0 Å². The van der Waals surface area contributed by atoms with Crippen LogP contribution in [0.15, 0.2) is 17.1 Å². The molecule has 1 aromatic heterocycles. The number of aliphatic hydroxyl groups is 2. The summed E-state index contributed by atoms with van der Waals surface area (Å²) in [5.74, 6) is 0.168. The van der Waals surface area contributed by atoms with Crippen molar-refractivity contribution >= 4 is 5.82 Å². The number of nitrogens with two attached hydrogens (primary N) is 1. The van der Waals surface area contributed by atoms with Crippen molar-refractivity contribution in [3.8, 4) is 0 Å². The Morgan fingerprint density at radius 2 is 2.26 bits per heavy atom. The molecular formula is C12H19N3O4. The van der Waals surface area contributed by atoms with Crippen molar-refractivity contribution in [3.63, 3.8) is 0 Å². The summed E-state index contributed by atoms with van der Waals surface area (Å²) in [5.41, 5.74) is 4.41. The van der Waals surface area contributed by atoms with Gasteiger partial charge >= 0.3 is 5.69 Å². The van der Waals surface area contributed by atoms with Crippen LogP contribution < -0.4 is 11.4 Å². The van der Waals surface area contributed by atoms with Crippen LogP contribution in [-0.2, 0) is 11.3 Å². The fraction of sp³-hybridized carbons (Fsp3) is 0.667. The lowest BCUT2D eigenvalue weighted by atomic mass is 9.81. The summed E-state index contributed by atoms with van der Waals surface area (Å²) in [5, 5.41) is 19.2. The highest BCUT2D eigenvalue weighted by molar-refractivity contribution is 5.23. The minimum Gasteiger partial charge on any atom is -0.394 e. The Kier molecular flexibility index (Phi) is 3.62. The minimum atomic E-state index is -0.778. The first-order valence-electron chi connectivity index (χ1n) is 6.13. The largest absolute Gasteiger partial charge is 0.394 e. The van der Waals surface area contributed by atoms with Crippen molar-refractivity contribution < 1.29 is 14.9 Å². The van der Waals surface area contributed by atoms with Crippen LogP contribution >= 0.6 is 0 Å². The molecule has 3 atom stereocenters. The highest BCUT2D eigenvalue weighted by Crippen LogP contribution is 2.38. The molecule has 0 aromatic carbocycles. The molecule has 1 saturated heterocycles. The van der Waals surface area contributed by atoms with Gasteiger partial charge in [0.1, 0.15) is 11.9 Å². The SMILES string of the molecule is CC1(C)C(Cn2ccc(N)nc2=O)O[C@H](CO)[C@H]1O. The second-order valence-electron chi connectivity index (χ2n) is 5.40. The van der Waals surface area contributed by atoms with E-state index in [1.807, 2.05) is 13.8 Å². The third kappa shape index (κ3) is 2.49. The average molecular weight is 269 g/mol. The summed E-state index contributed by atoms with van der Waals surface area (Å²) in [6.07, 6.45) is -0.247. The van der Waals surface area contributed by atoms with Crippen molar-refractivity contribution in [2.75, 3.05) is 12.3 Å². The molecule has 1 unspecified atom stereocenters. The molecule has 0 saturated carbocycles. The summed E-state index contributed by atoms with van der Waals surface area (Å²) in [7, 11) is 0. The van der Waals surface area contributed by atoms with Crippen LogP contribution in [0.25, 0.3) is 0 Å². The molecule has 2 heterocycles. The quantitative estimate of drug-likeness (QED) is 0.647. The fourth-order valence-corrected chi connectivity index (χ4v) is 2.31. The number of hydrogen-bond acceptors (Lipinski definition) is 6. The Hall–Kier alpha value is -1.44. The van der Waals surface area contributed by atoms with Crippen LogP contribution in [0, 0.1) is 5.41 Å². The molecule has 19 heavy (non-hydrogen) atoms. The molecule has 4 N–H and O–H groups in total. The number of anilines is 1. The van der Waals surface area contributed by atoms with E-state index in [0.29, 0.717) is 0 Å². The van der Waals surface area contributed by atoms with Gasteiger partial charge in [-0.2, -0.15) is 4.98 Å². The number of aliphatic hydroxyl groups excluding tert-OH is 2. The summed E-state index contributed by atoms with van der Waals surface area (Å²) in [4.78, 5) is 15.3. The van der Waals surface area contributed by atoms with E-state index >= 15 is 0 Å². The van der Waals surface area contributed by atoms with E-state index in [0.717, 1.165) is 0 Å². The first-order chi connectivity index (χ1) is 8.86. The summed E-state index contributed by atoms with van der Waals surface area (Å²) < 4.78 is 6.99. The zero-order valence-electron chi connectivity index (χ0n) is 11.0. The van der Waals surface area contributed by atoms with Gasteiger partial charge in [0.15, 0.2) is 0 Å². The predicted octanol–water partition coefficient (Wildman–Crippen LogP) is -1.03. The smallest absolute Gasteiger partial charge is 0.349 e. The molecule has 7 heteroatoms.